The Morgan fingerprint density at radius 1 is 1.40 bits per heavy atom. The summed E-state index contributed by atoms with van der Waals surface area (Å²) in [6.07, 6.45) is 2.51. The zero-order chi connectivity index (χ0) is 13.8. The molecule has 1 fully saturated rings. The van der Waals surface area contributed by atoms with Gasteiger partial charge in [-0.05, 0) is 37.5 Å². The minimum atomic E-state index is 0.630. The van der Waals surface area contributed by atoms with Gasteiger partial charge >= 0.3 is 0 Å². The first-order valence-electron chi connectivity index (χ1n) is 6.72. The number of hydrogen-bond acceptors (Lipinski definition) is 6. The molecule has 1 aliphatic carbocycles. The van der Waals surface area contributed by atoms with Gasteiger partial charge in [-0.2, -0.15) is 0 Å². The van der Waals surface area contributed by atoms with Crippen molar-refractivity contribution in [3.8, 4) is 5.75 Å². The highest BCUT2D eigenvalue weighted by Gasteiger charge is 2.22. The summed E-state index contributed by atoms with van der Waals surface area (Å²) in [5.41, 5.74) is 1.22. The Morgan fingerprint density at radius 3 is 3.10 bits per heavy atom. The summed E-state index contributed by atoms with van der Waals surface area (Å²) in [5, 5.41) is 12.6. The maximum absolute atomic E-state index is 5.71. The molecule has 1 heterocycles. The van der Waals surface area contributed by atoms with E-state index < -0.39 is 0 Å². The van der Waals surface area contributed by atoms with E-state index >= 15 is 0 Å². The average molecular weight is 307 g/mol. The lowest BCUT2D eigenvalue weighted by molar-refractivity contribution is 0.343. The van der Waals surface area contributed by atoms with Crippen molar-refractivity contribution in [3.63, 3.8) is 0 Å². The van der Waals surface area contributed by atoms with Gasteiger partial charge in [0, 0.05) is 11.8 Å². The minimum absolute atomic E-state index is 0.630. The molecule has 6 heteroatoms. The fourth-order valence-electron chi connectivity index (χ4n) is 1.72. The van der Waals surface area contributed by atoms with E-state index in [2.05, 4.69) is 28.5 Å². The molecule has 0 bridgehead atoms. The SMILES string of the molecule is Cc1cccc(OCCSc2nnc(NC3CC3)s2)c1. The Morgan fingerprint density at radius 2 is 2.30 bits per heavy atom. The monoisotopic (exact) mass is 307 g/mol. The van der Waals surface area contributed by atoms with Crippen molar-refractivity contribution in [2.24, 2.45) is 0 Å². The summed E-state index contributed by atoms with van der Waals surface area (Å²) in [7, 11) is 0. The third kappa shape index (κ3) is 4.11. The number of rotatable bonds is 7. The molecule has 106 valence electrons. The molecule has 0 radical (unpaired) electrons. The highest BCUT2D eigenvalue weighted by atomic mass is 32.2. The van der Waals surface area contributed by atoms with Gasteiger partial charge < -0.3 is 10.1 Å². The van der Waals surface area contributed by atoms with Crippen LogP contribution in [0.2, 0.25) is 0 Å². The van der Waals surface area contributed by atoms with E-state index in [4.69, 9.17) is 4.74 Å². The number of nitrogens with zero attached hydrogens (tertiary/aromatic N) is 2. The minimum Gasteiger partial charge on any atom is -0.493 e. The predicted octanol–water partition coefficient (Wildman–Crippen LogP) is 3.59. The Labute approximate surface area is 127 Å². The van der Waals surface area contributed by atoms with Crippen molar-refractivity contribution in [2.75, 3.05) is 17.7 Å². The second-order valence-corrected chi connectivity index (χ2v) is 7.12. The highest BCUT2D eigenvalue weighted by Crippen LogP contribution is 2.30. The number of hydrogen-bond donors (Lipinski definition) is 1. The van der Waals surface area contributed by atoms with E-state index in [-0.39, 0.29) is 0 Å². The fourth-order valence-corrected chi connectivity index (χ4v) is 3.44. The molecule has 3 rings (SSSR count). The Bertz CT molecular complexity index is 569. The average Bonchev–Trinajstić information content (AvgIpc) is 3.13. The largest absolute Gasteiger partial charge is 0.493 e. The van der Waals surface area contributed by atoms with E-state index in [0.29, 0.717) is 12.6 Å². The zero-order valence-electron chi connectivity index (χ0n) is 11.3. The van der Waals surface area contributed by atoms with Gasteiger partial charge in [-0.1, -0.05) is 35.2 Å². The second kappa shape index (κ2) is 6.45. The first kappa shape index (κ1) is 13.7. The van der Waals surface area contributed by atoms with Crippen molar-refractivity contribution in [3.05, 3.63) is 29.8 Å². The first-order valence-corrected chi connectivity index (χ1v) is 8.52. The summed E-state index contributed by atoms with van der Waals surface area (Å²) >= 11 is 3.32. The van der Waals surface area contributed by atoms with Gasteiger partial charge in [0.25, 0.3) is 0 Å². The molecule has 0 amide bonds. The number of nitrogens with one attached hydrogen (secondary N) is 1. The molecule has 4 nitrogen and oxygen atoms in total. The van der Waals surface area contributed by atoms with Gasteiger partial charge in [0.1, 0.15) is 5.75 Å². The van der Waals surface area contributed by atoms with Gasteiger partial charge in [-0.25, -0.2) is 0 Å². The zero-order valence-corrected chi connectivity index (χ0v) is 13.0. The Kier molecular flexibility index (Phi) is 4.42. The standard InChI is InChI=1S/C14H17N3OS2/c1-10-3-2-4-12(9-10)18-7-8-19-14-17-16-13(20-14)15-11-5-6-11/h2-4,9,11H,5-8H2,1H3,(H,15,16). The molecule has 1 aromatic carbocycles. The van der Waals surface area contributed by atoms with Crippen LogP contribution in [0.1, 0.15) is 18.4 Å². The lowest BCUT2D eigenvalue weighted by Crippen LogP contribution is -1.99. The van der Waals surface area contributed by atoms with Crippen LogP contribution in [-0.4, -0.2) is 28.6 Å². The summed E-state index contributed by atoms with van der Waals surface area (Å²) in [4.78, 5) is 0. The van der Waals surface area contributed by atoms with E-state index in [9.17, 15) is 0 Å². The van der Waals surface area contributed by atoms with Crippen LogP contribution < -0.4 is 10.1 Å². The molecule has 0 spiro atoms. The molecular formula is C14H17N3OS2. The number of benzene rings is 1. The summed E-state index contributed by atoms with van der Waals surface area (Å²) in [5.74, 6) is 1.81. The van der Waals surface area contributed by atoms with Gasteiger partial charge in [-0.15, -0.1) is 10.2 Å². The molecule has 1 aromatic heterocycles. The number of anilines is 1. The van der Waals surface area contributed by atoms with Crippen molar-refractivity contribution in [1.82, 2.24) is 10.2 Å². The number of thioether (sulfide) groups is 1. The molecule has 0 unspecified atom stereocenters. The van der Waals surface area contributed by atoms with Crippen LogP contribution in [-0.2, 0) is 0 Å². The Hall–Kier alpha value is -1.27. The maximum atomic E-state index is 5.71. The fraction of sp³-hybridized carbons (Fsp3) is 0.429. The predicted molar refractivity (Wildman–Crippen MR) is 84.0 cm³/mol. The van der Waals surface area contributed by atoms with Gasteiger partial charge in [-0.3, -0.25) is 0 Å². The van der Waals surface area contributed by atoms with Gasteiger partial charge in [0.05, 0.1) is 6.61 Å². The quantitative estimate of drug-likeness (QED) is 0.625. The third-order valence-corrected chi connectivity index (χ3v) is 4.83. The second-order valence-electron chi connectivity index (χ2n) is 4.81. The molecule has 0 aliphatic heterocycles. The lowest BCUT2D eigenvalue weighted by atomic mass is 10.2. The van der Waals surface area contributed by atoms with Crippen LogP contribution in [0.4, 0.5) is 5.13 Å². The molecular weight excluding hydrogens is 290 g/mol. The summed E-state index contributed by atoms with van der Waals surface area (Å²) < 4.78 is 6.71. The van der Waals surface area contributed by atoms with Crippen molar-refractivity contribution in [2.45, 2.75) is 30.1 Å². The number of aromatic nitrogens is 2. The van der Waals surface area contributed by atoms with Crippen LogP contribution in [0.3, 0.4) is 0 Å². The molecule has 0 atom stereocenters. The normalized spacial score (nSPS) is 14.2. The maximum Gasteiger partial charge on any atom is 0.206 e. The summed E-state index contributed by atoms with van der Waals surface area (Å²) in [6.45, 7) is 2.75. The highest BCUT2D eigenvalue weighted by molar-refractivity contribution is 8.01. The van der Waals surface area contributed by atoms with Gasteiger partial charge in [0.15, 0.2) is 4.34 Å². The van der Waals surface area contributed by atoms with Gasteiger partial charge in [0.2, 0.25) is 5.13 Å². The molecule has 1 aliphatic rings. The smallest absolute Gasteiger partial charge is 0.206 e. The summed E-state index contributed by atoms with van der Waals surface area (Å²) in [6, 6.07) is 8.74. The Balaban J connectivity index is 1.39. The molecule has 0 saturated heterocycles. The first-order chi connectivity index (χ1) is 9.79. The van der Waals surface area contributed by atoms with Crippen LogP contribution in [0.15, 0.2) is 28.6 Å². The van der Waals surface area contributed by atoms with Crippen molar-refractivity contribution < 1.29 is 4.74 Å². The number of aryl methyl sites for hydroxylation is 1. The van der Waals surface area contributed by atoms with Crippen molar-refractivity contribution in [1.29, 1.82) is 0 Å². The van der Waals surface area contributed by atoms with Crippen LogP contribution >= 0.6 is 23.1 Å². The van der Waals surface area contributed by atoms with E-state index in [1.54, 1.807) is 23.1 Å². The molecule has 1 N–H and O–H groups in total. The van der Waals surface area contributed by atoms with Crippen molar-refractivity contribution >= 4 is 28.2 Å². The van der Waals surface area contributed by atoms with E-state index in [1.807, 2.05) is 18.2 Å². The lowest BCUT2D eigenvalue weighted by Gasteiger charge is -2.05. The number of ether oxygens (including phenoxy) is 1. The topological polar surface area (TPSA) is 47.0 Å². The van der Waals surface area contributed by atoms with E-state index in [1.165, 1.54) is 18.4 Å². The molecule has 2 aromatic rings. The van der Waals surface area contributed by atoms with Crippen LogP contribution in [0.25, 0.3) is 0 Å². The van der Waals surface area contributed by atoms with Crippen LogP contribution in [0, 0.1) is 6.92 Å². The molecule has 1 saturated carbocycles. The third-order valence-electron chi connectivity index (χ3n) is 2.88. The van der Waals surface area contributed by atoms with E-state index in [0.717, 1.165) is 21.0 Å². The van der Waals surface area contributed by atoms with Crippen LogP contribution in [0.5, 0.6) is 5.75 Å². The molecule has 20 heavy (non-hydrogen) atoms.